The van der Waals surface area contributed by atoms with Crippen LogP contribution in [0.15, 0.2) is 24.3 Å². The molecule has 0 unspecified atom stereocenters. The summed E-state index contributed by atoms with van der Waals surface area (Å²) in [6.45, 7) is 2.13. The van der Waals surface area contributed by atoms with E-state index in [9.17, 15) is 8.78 Å². The first-order chi connectivity index (χ1) is 16.1. The van der Waals surface area contributed by atoms with Gasteiger partial charge in [-0.15, -0.1) is 0 Å². The van der Waals surface area contributed by atoms with E-state index in [-0.39, 0.29) is 11.7 Å². The first-order valence-corrected chi connectivity index (χ1v) is 13.7. The molecule has 0 radical (unpaired) electrons. The lowest BCUT2D eigenvalue weighted by Gasteiger charge is -2.41. The lowest BCUT2D eigenvalue weighted by molar-refractivity contribution is 0.109. The number of allylic oxidation sites excluding steroid dienone is 2. The van der Waals surface area contributed by atoms with Crippen LogP contribution < -0.4 is 4.74 Å². The standard InChI is InChI=1S/C30H44F2O/c1-3-4-5-6-21-7-9-22(10-8-21)23-11-13-24(14-12-23)25-15-17-26(18-16-25)27-19-20-28(33-2)30(32)29(27)31/h3-4,19-26H,5-18H2,1-2H3. The second kappa shape index (κ2) is 11.8. The molecule has 1 aromatic rings. The number of ether oxygens (including phenoxy) is 1. The van der Waals surface area contributed by atoms with E-state index < -0.39 is 11.6 Å². The monoisotopic (exact) mass is 458 g/mol. The van der Waals surface area contributed by atoms with E-state index in [1.165, 1.54) is 84.2 Å². The Morgan fingerprint density at radius 3 is 1.79 bits per heavy atom. The first-order valence-electron chi connectivity index (χ1n) is 13.7. The fourth-order valence-corrected chi connectivity index (χ4v) is 7.46. The first kappa shape index (κ1) is 24.7. The van der Waals surface area contributed by atoms with Crippen molar-refractivity contribution in [3.05, 3.63) is 41.5 Å². The van der Waals surface area contributed by atoms with Crippen molar-refractivity contribution in [3.8, 4) is 5.75 Å². The third-order valence-corrected chi connectivity index (χ3v) is 9.53. The van der Waals surface area contributed by atoms with Gasteiger partial charge in [-0.1, -0.05) is 31.1 Å². The maximum Gasteiger partial charge on any atom is 0.200 e. The van der Waals surface area contributed by atoms with Gasteiger partial charge in [-0.3, -0.25) is 0 Å². The fraction of sp³-hybridized carbons (Fsp3) is 0.733. The minimum absolute atomic E-state index is 0.00355. The molecule has 1 nitrogen and oxygen atoms in total. The average molecular weight is 459 g/mol. The summed E-state index contributed by atoms with van der Waals surface area (Å²) >= 11 is 0. The van der Waals surface area contributed by atoms with Gasteiger partial charge in [-0.2, -0.15) is 4.39 Å². The molecule has 184 valence electrons. The van der Waals surface area contributed by atoms with Gasteiger partial charge in [0, 0.05) is 0 Å². The molecule has 3 aliphatic rings. The number of hydrogen-bond acceptors (Lipinski definition) is 1. The minimum Gasteiger partial charge on any atom is -0.494 e. The molecule has 33 heavy (non-hydrogen) atoms. The summed E-state index contributed by atoms with van der Waals surface area (Å²) in [5.74, 6) is 3.18. The van der Waals surface area contributed by atoms with E-state index >= 15 is 0 Å². The maximum absolute atomic E-state index is 14.5. The SMILES string of the molecule is CC=CCCC1CCC(C2CCC(C3CCC(c4ccc(OC)c(F)c4F)CC3)CC2)CC1. The second-order valence-electron chi connectivity index (χ2n) is 11.2. The zero-order valence-electron chi connectivity index (χ0n) is 20.8. The Morgan fingerprint density at radius 2 is 1.27 bits per heavy atom. The fourth-order valence-electron chi connectivity index (χ4n) is 7.46. The molecule has 3 aliphatic carbocycles. The highest BCUT2D eigenvalue weighted by Gasteiger charge is 2.35. The summed E-state index contributed by atoms with van der Waals surface area (Å²) in [6.07, 6.45) is 23.0. The molecule has 1 aromatic carbocycles. The van der Waals surface area contributed by atoms with Crippen molar-refractivity contribution >= 4 is 0 Å². The highest BCUT2D eigenvalue weighted by molar-refractivity contribution is 5.33. The molecule has 0 N–H and O–H groups in total. The van der Waals surface area contributed by atoms with Gasteiger partial charge in [0.2, 0.25) is 5.82 Å². The van der Waals surface area contributed by atoms with E-state index in [2.05, 4.69) is 19.1 Å². The van der Waals surface area contributed by atoms with Crippen LogP contribution in [0.25, 0.3) is 0 Å². The number of rotatable bonds is 7. The van der Waals surface area contributed by atoms with Crippen molar-refractivity contribution in [2.24, 2.45) is 29.6 Å². The number of methoxy groups -OCH3 is 1. The van der Waals surface area contributed by atoms with Crippen LogP contribution in [0.3, 0.4) is 0 Å². The van der Waals surface area contributed by atoms with Crippen LogP contribution in [0.4, 0.5) is 8.78 Å². The molecule has 0 amide bonds. The molecular formula is C30H44F2O. The normalized spacial score (nSPS) is 33.3. The Balaban J connectivity index is 1.20. The molecule has 0 bridgehead atoms. The summed E-state index contributed by atoms with van der Waals surface area (Å²) < 4.78 is 33.6. The van der Waals surface area contributed by atoms with Crippen molar-refractivity contribution in [2.75, 3.05) is 7.11 Å². The Hall–Kier alpha value is -1.38. The predicted octanol–water partition coefficient (Wildman–Crippen LogP) is 9.22. The summed E-state index contributed by atoms with van der Waals surface area (Å²) in [5.41, 5.74) is 0.553. The molecule has 0 aromatic heterocycles. The smallest absolute Gasteiger partial charge is 0.200 e. The van der Waals surface area contributed by atoms with Gasteiger partial charge >= 0.3 is 0 Å². The lowest BCUT2D eigenvalue weighted by atomic mass is 9.64. The Kier molecular flexibility index (Phi) is 8.88. The Labute approximate surface area is 200 Å². The Bertz CT molecular complexity index is 764. The van der Waals surface area contributed by atoms with Crippen molar-refractivity contribution in [1.82, 2.24) is 0 Å². The molecule has 3 fully saturated rings. The molecule has 4 rings (SSSR count). The average Bonchev–Trinajstić information content (AvgIpc) is 2.87. The third kappa shape index (κ3) is 6.01. The summed E-state index contributed by atoms with van der Waals surface area (Å²) in [4.78, 5) is 0. The van der Waals surface area contributed by atoms with Crippen molar-refractivity contribution in [3.63, 3.8) is 0 Å². The summed E-state index contributed by atoms with van der Waals surface area (Å²) in [5, 5.41) is 0. The summed E-state index contributed by atoms with van der Waals surface area (Å²) in [6, 6.07) is 3.32. The number of benzene rings is 1. The van der Waals surface area contributed by atoms with E-state index in [0.29, 0.717) is 5.56 Å². The van der Waals surface area contributed by atoms with Crippen LogP contribution in [0, 0.1) is 41.2 Å². The van der Waals surface area contributed by atoms with Gasteiger partial charge < -0.3 is 4.74 Å². The molecular weight excluding hydrogens is 414 g/mol. The van der Waals surface area contributed by atoms with Crippen LogP contribution in [-0.4, -0.2) is 7.11 Å². The molecule has 3 saturated carbocycles. The topological polar surface area (TPSA) is 9.23 Å². The molecule has 0 spiro atoms. The second-order valence-corrected chi connectivity index (χ2v) is 11.2. The van der Waals surface area contributed by atoms with Crippen LogP contribution in [0.1, 0.15) is 108 Å². The summed E-state index contributed by atoms with van der Waals surface area (Å²) in [7, 11) is 1.38. The molecule has 3 heteroatoms. The zero-order valence-corrected chi connectivity index (χ0v) is 20.8. The van der Waals surface area contributed by atoms with Crippen molar-refractivity contribution in [1.29, 1.82) is 0 Å². The highest BCUT2D eigenvalue weighted by Crippen LogP contribution is 2.47. The van der Waals surface area contributed by atoms with Crippen LogP contribution in [0.2, 0.25) is 0 Å². The molecule has 0 aliphatic heterocycles. The maximum atomic E-state index is 14.5. The highest BCUT2D eigenvalue weighted by atomic mass is 19.2. The lowest BCUT2D eigenvalue weighted by Crippen LogP contribution is -2.29. The van der Waals surface area contributed by atoms with Crippen LogP contribution in [-0.2, 0) is 0 Å². The van der Waals surface area contributed by atoms with Gasteiger partial charge in [0.05, 0.1) is 7.11 Å². The van der Waals surface area contributed by atoms with E-state index in [1.54, 1.807) is 12.1 Å². The van der Waals surface area contributed by atoms with Gasteiger partial charge in [0.25, 0.3) is 0 Å². The Morgan fingerprint density at radius 1 is 0.758 bits per heavy atom. The van der Waals surface area contributed by atoms with Crippen LogP contribution >= 0.6 is 0 Å². The largest absolute Gasteiger partial charge is 0.494 e. The molecule has 0 atom stereocenters. The van der Waals surface area contributed by atoms with Crippen molar-refractivity contribution < 1.29 is 13.5 Å². The zero-order chi connectivity index (χ0) is 23.2. The van der Waals surface area contributed by atoms with Crippen molar-refractivity contribution in [2.45, 2.75) is 103 Å². The molecule has 0 heterocycles. The van der Waals surface area contributed by atoms with Gasteiger partial charge in [0.15, 0.2) is 11.6 Å². The predicted molar refractivity (Wildman–Crippen MR) is 133 cm³/mol. The number of hydrogen-bond donors (Lipinski definition) is 0. The third-order valence-electron chi connectivity index (χ3n) is 9.53. The van der Waals surface area contributed by atoms with Crippen LogP contribution in [0.5, 0.6) is 5.75 Å². The van der Waals surface area contributed by atoms with E-state index in [0.717, 1.165) is 42.4 Å². The van der Waals surface area contributed by atoms with Gasteiger partial charge in [-0.25, -0.2) is 4.39 Å². The molecule has 0 saturated heterocycles. The van der Waals surface area contributed by atoms with Gasteiger partial charge in [0.1, 0.15) is 0 Å². The van der Waals surface area contributed by atoms with E-state index in [1.807, 2.05) is 0 Å². The van der Waals surface area contributed by atoms with Gasteiger partial charge in [-0.05, 0) is 131 Å². The number of halogens is 2. The quantitative estimate of drug-likeness (QED) is 0.370. The van der Waals surface area contributed by atoms with E-state index in [4.69, 9.17) is 4.74 Å². The minimum atomic E-state index is -0.831.